The van der Waals surface area contributed by atoms with Crippen LogP contribution in [0.25, 0.3) is 0 Å². The highest BCUT2D eigenvalue weighted by Gasteiger charge is 2.47. The van der Waals surface area contributed by atoms with Gasteiger partial charge < -0.3 is 4.74 Å². The Morgan fingerprint density at radius 2 is 1.94 bits per heavy atom. The summed E-state index contributed by atoms with van der Waals surface area (Å²) in [6, 6.07) is 0. The van der Waals surface area contributed by atoms with E-state index in [1.807, 2.05) is 0 Å². The van der Waals surface area contributed by atoms with Crippen LogP contribution in [0, 0.1) is 23.7 Å². The third-order valence-electron chi connectivity index (χ3n) is 5.98. The average Bonchev–Trinajstić information content (AvgIpc) is 2.86. The molecular formula is C16H24O. The van der Waals surface area contributed by atoms with Gasteiger partial charge in [-0.15, -0.1) is 0 Å². The van der Waals surface area contributed by atoms with Gasteiger partial charge in [0.25, 0.3) is 0 Å². The maximum absolute atomic E-state index is 6.19. The number of fused-ring (bicyclic) bond motifs is 5. The van der Waals surface area contributed by atoms with Crippen molar-refractivity contribution in [3.8, 4) is 0 Å². The van der Waals surface area contributed by atoms with Gasteiger partial charge in [-0.25, -0.2) is 0 Å². The molecule has 0 spiro atoms. The van der Waals surface area contributed by atoms with E-state index in [4.69, 9.17) is 4.74 Å². The van der Waals surface area contributed by atoms with Gasteiger partial charge in [-0.1, -0.05) is 24.5 Å². The molecule has 0 aromatic heterocycles. The highest BCUT2D eigenvalue weighted by atomic mass is 16.5. The molecule has 2 saturated carbocycles. The monoisotopic (exact) mass is 232 g/mol. The van der Waals surface area contributed by atoms with Crippen LogP contribution in [0.4, 0.5) is 0 Å². The van der Waals surface area contributed by atoms with Gasteiger partial charge in [0.15, 0.2) is 0 Å². The summed E-state index contributed by atoms with van der Waals surface area (Å²) >= 11 is 0. The zero-order chi connectivity index (χ0) is 11.2. The Morgan fingerprint density at radius 1 is 0.941 bits per heavy atom. The molecule has 1 heterocycles. The second kappa shape index (κ2) is 4.12. The molecule has 3 aliphatic carbocycles. The summed E-state index contributed by atoms with van der Waals surface area (Å²) in [4.78, 5) is 0. The van der Waals surface area contributed by atoms with Crippen LogP contribution in [0.15, 0.2) is 11.6 Å². The van der Waals surface area contributed by atoms with E-state index in [1.165, 1.54) is 51.4 Å². The van der Waals surface area contributed by atoms with Gasteiger partial charge in [-0.05, 0) is 62.2 Å². The minimum absolute atomic E-state index is 0.634. The predicted octanol–water partition coefficient (Wildman–Crippen LogP) is 3.94. The van der Waals surface area contributed by atoms with Gasteiger partial charge in [0.1, 0.15) is 0 Å². The summed E-state index contributed by atoms with van der Waals surface area (Å²) < 4.78 is 6.19. The summed E-state index contributed by atoms with van der Waals surface area (Å²) in [5.74, 6) is 3.68. The maximum Gasteiger partial charge on any atom is 0.0606 e. The molecule has 5 unspecified atom stereocenters. The molecule has 17 heavy (non-hydrogen) atoms. The van der Waals surface area contributed by atoms with E-state index < -0.39 is 0 Å². The van der Waals surface area contributed by atoms with E-state index in [-0.39, 0.29) is 0 Å². The maximum atomic E-state index is 6.19. The fourth-order valence-corrected chi connectivity index (χ4v) is 5.19. The van der Waals surface area contributed by atoms with Gasteiger partial charge in [0.05, 0.1) is 12.7 Å². The van der Waals surface area contributed by atoms with Gasteiger partial charge >= 0.3 is 0 Å². The number of allylic oxidation sites excluding steroid dienone is 2. The SMILES string of the molecule is C1=C2CCCCC2C2COC3CCCC3C2C1. The topological polar surface area (TPSA) is 9.23 Å². The lowest BCUT2D eigenvalue weighted by Gasteiger charge is -2.48. The van der Waals surface area contributed by atoms with Crippen molar-refractivity contribution in [3.63, 3.8) is 0 Å². The second-order valence-corrected chi connectivity index (χ2v) is 6.66. The van der Waals surface area contributed by atoms with Crippen molar-refractivity contribution in [3.05, 3.63) is 11.6 Å². The standard InChI is InChI=1S/C16H24O/c1-2-5-12-11(4-1)8-9-13-14-6-3-7-16(14)17-10-15(12)13/h8,12-16H,1-7,9-10H2. The Labute approximate surface area is 105 Å². The van der Waals surface area contributed by atoms with Crippen LogP contribution in [0.5, 0.6) is 0 Å². The normalized spacial score (nSPS) is 48.9. The van der Waals surface area contributed by atoms with Crippen LogP contribution < -0.4 is 0 Å². The molecule has 0 aromatic rings. The highest BCUT2D eigenvalue weighted by molar-refractivity contribution is 5.17. The molecule has 0 N–H and O–H groups in total. The third-order valence-corrected chi connectivity index (χ3v) is 5.98. The molecular weight excluding hydrogens is 208 g/mol. The van der Waals surface area contributed by atoms with Gasteiger partial charge in [-0.3, -0.25) is 0 Å². The van der Waals surface area contributed by atoms with E-state index in [0.29, 0.717) is 6.10 Å². The van der Waals surface area contributed by atoms with Gasteiger partial charge in [-0.2, -0.15) is 0 Å². The molecule has 0 radical (unpaired) electrons. The van der Waals surface area contributed by atoms with Crippen LogP contribution in [-0.2, 0) is 4.74 Å². The lowest BCUT2D eigenvalue weighted by atomic mass is 9.62. The van der Waals surface area contributed by atoms with E-state index in [0.717, 1.165) is 30.3 Å². The van der Waals surface area contributed by atoms with Crippen LogP contribution in [0.1, 0.15) is 51.4 Å². The van der Waals surface area contributed by atoms with E-state index in [2.05, 4.69) is 6.08 Å². The van der Waals surface area contributed by atoms with E-state index in [1.54, 1.807) is 5.57 Å². The molecule has 5 atom stereocenters. The predicted molar refractivity (Wildman–Crippen MR) is 68.7 cm³/mol. The lowest BCUT2D eigenvalue weighted by molar-refractivity contribution is -0.0944. The van der Waals surface area contributed by atoms with Crippen molar-refractivity contribution in [2.75, 3.05) is 6.61 Å². The van der Waals surface area contributed by atoms with Crippen molar-refractivity contribution in [1.29, 1.82) is 0 Å². The first kappa shape index (κ1) is 10.6. The molecule has 3 fully saturated rings. The first-order chi connectivity index (χ1) is 8.43. The third kappa shape index (κ3) is 1.62. The Bertz CT molecular complexity index is 332. The summed E-state index contributed by atoms with van der Waals surface area (Å²) in [5.41, 5.74) is 1.80. The molecule has 4 rings (SSSR count). The number of hydrogen-bond donors (Lipinski definition) is 0. The van der Waals surface area contributed by atoms with Crippen molar-refractivity contribution in [2.24, 2.45) is 23.7 Å². The smallest absolute Gasteiger partial charge is 0.0606 e. The molecule has 1 heteroatoms. The zero-order valence-electron chi connectivity index (χ0n) is 10.7. The first-order valence-corrected chi connectivity index (χ1v) is 7.74. The Kier molecular flexibility index (Phi) is 2.57. The Morgan fingerprint density at radius 3 is 2.94 bits per heavy atom. The summed E-state index contributed by atoms with van der Waals surface area (Å²) in [7, 11) is 0. The second-order valence-electron chi connectivity index (χ2n) is 6.66. The van der Waals surface area contributed by atoms with Crippen molar-refractivity contribution < 1.29 is 4.74 Å². The fourth-order valence-electron chi connectivity index (χ4n) is 5.19. The van der Waals surface area contributed by atoms with Crippen LogP contribution in [0.2, 0.25) is 0 Å². The summed E-state index contributed by atoms with van der Waals surface area (Å²) in [6.45, 7) is 1.08. The summed E-state index contributed by atoms with van der Waals surface area (Å²) in [5, 5.41) is 0. The molecule has 94 valence electrons. The highest BCUT2D eigenvalue weighted by Crippen LogP contribution is 2.51. The van der Waals surface area contributed by atoms with Crippen molar-refractivity contribution in [2.45, 2.75) is 57.5 Å². The molecule has 4 aliphatic rings. The number of rotatable bonds is 0. The van der Waals surface area contributed by atoms with E-state index in [9.17, 15) is 0 Å². The van der Waals surface area contributed by atoms with Crippen molar-refractivity contribution >= 4 is 0 Å². The molecule has 0 aromatic carbocycles. The van der Waals surface area contributed by atoms with E-state index >= 15 is 0 Å². The van der Waals surface area contributed by atoms with Gasteiger partial charge in [0.2, 0.25) is 0 Å². The first-order valence-electron chi connectivity index (χ1n) is 7.74. The van der Waals surface area contributed by atoms with Crippen LogP contribution in [-0.4, -0.2) is 12.7 Å². The van der Waals surface area contributed by atoms with Crippen molar-refractivity contribution in [1.82, 2.24) is 0 Å². The number of ether oxygens (including phenoxy) is 1. The minimum Gasteiger partial charge on any atom is -0.378 e. The Hall–Kier alpha value is -0.300. The molecule has 1 nitrogen and oxygen atoms in total. The quantitative estimate of drug-likeness (QED) is 0.575. The molecule has 1 saturated heterocycles. The molecule has 1 aliphatic heterocycles. The van der Waals surface area contributed by atoms with Crippen LogP contribution >= 0.6 is 0 Å². The molecule has 0 amide bonds. The molecule has 0 bridgehead atoms. The van der Waals surface area contributed by atoms with Gasteiger partial charge in [0, 0.05) is 0 Å². The average molecular weight is 232 g/mol. The minimum atomic E-state index is 0.634. The number of hydrogen-bond acceptors (Lipinski definition) is 1. The largest absolute Gasteiger partial charge is 0.378 e. The Balaban J connectivity index is 1.62. The van der Waals surface area contributed by atoms with Crippen LogP contribution in [0.3, 0.4) is 0 Å². The summed E-state index contributed by atoms with van der Waals surface area (Å²) in [6.07, 6.45) is 14.6. The lowest BCUT2D eigenvalue weighted by Crippen LogP contribution is -2.45. The zero-order valence-corrected chi connectivity index (χ0v) is 10.7. The fraction of sp³-hybridized carbons (Fsp3) is 0.875.